The molecule has 1 radical (unpaired) electrons. The van der Waals surface area contributed by atoms with Gasteiger partial charge in [0.25, 0.3) is 0 Å². The largest absolute Gasteiger partial charge is 0.493 e. The normalized spacial score (nSPS) is 12.3. The molecule has 11 heteroatoms. The monoisotopic (exact) mass is 529 g/mol. The summed E-state index contributed by atoms with van der Waals surface area (Å²) >= 11 is 0. The number of rotatable bonds is 11. The third kappa shape index (κ3) is 9.65. The van der Waals surface area contributed by atoms with Crippen LogP contribution in [0.25, 0.3) is 0 Å². The third-order valence-corrected chi connectivity index (χ3v) is 6.18. The van der Waals surface area contributed by atoms with Gasteiger partial charge in [-0.2, -0.15) is 26.3 Å². The van der Waals surface area contributed by atoms with Gasteiger partial charge < -0.3 is 9.47 Å². The minimum absolute atomic E-state index is 0. The molecule has 0 saturated carbocycles. The first-order valence-corrected chi connectivity index (χ1v) is 12.2. The Labute approximate surface area is 221 Å². The van der Waals surface area contributed by atoms with Crippen LogP contribution in [0.15, 0.2) is 36.4 Å². The third-order valence-electron chi connectivity index (χ3n) is 5.02. The number of hydrogen-bond donors (Lipinski definition) is 0. The molecular formula is C25H29F6LiO3P. The fourth-order valence-corrected chi connectivity index (χ4v) is 4.16. The average molecular weight is 529 g/mol. The second-order valence-electron chi connectivity index (χ2n) is 8.90. The van der Waals surface area contributed by atoms with Crippen molar-refractivity contribution in [1.29, 1.82) is 0 Å². The number of hydrogen-bond acceptors (Lipinski definition) is 3. The Hall–Kier alpha value is -1.68. The Morgan fingerprint density at radius 1 is 0.833 bits per heavy atom. The summed E-state index contributed by atoms with van der Waals surface area (Å²) in [4.78, 5) is 12.9. The molecule has 195 valence electrons. The molecular weight excluding hydrogens is 500 g/mol. The minimum atomic E-state index is -5.12. The van der Waals surface area contributed by atoms with Gasteiger partial charge in [0, 0.05) is 35.8 Å². The first-order valence-electron chi connectivity index (χ1n) is 11.2. The van der Waals surface area contributed by atoms with E-state index in [-0.39, 0.29) is 36.5 Å². The van der Waals surface area contributed by atoms with Crippen molar-refractivity contribution in [3.63, 3.8) is 0 Å². The predicted molar refractivity (Wildman–Crippen MR) is 131 cm³/mol. The van der Waals surface area contributed by atoms with Crippen molar-refractivity contribution in [1.82, 2.24) is 0 Å². The molecule has 0 bridgehead atoms. The van der Waals surface area contributed by atoms with E-state index in [1.807, 2.05) is 27.7 Å². The number of benzene rings is 2. The molecule has 0 amide bonds. The summed E-state index contributed by atoms with van der Waals surface area (Å²) in [6.45, 7) is 8.73. The van der Waals surface area contributed by atoms with Gasteiger partial charge in [-0.25, -0.2) is 0 Å². The van der Waals surface area contributed by atoms with Crippen LogP contribution in [0.5, 0.6) is 11.5 Å². The Balaban J connectivity index is 0.00000648. The number of carbonyl (C=O) groups is 1. The molecule has 0 fully saturated rings. The van der Waals surface area contributed by atoms with Crippen LogP contribution in [0.4, 0.5) is 26.3 Å². The van der Waals surface area contributed by atoms with Crippen molar-refractivity contribution in [3.05, 3.63) is 53.1 Å². The smallest absolute Gasteiger partial charge is 0.417 e. The molecule has 0 heterocycles. The van der Waals surface area contributed by atoms with Crippen LogP contribution in [-0.4, -0.2) is 37.6 Å². The summed E-state index contributed by atoms with van der Waals surface area (Å²) in [6, 6.07) is 6.13. The maximum atomic E-state index is 13.5. The zero-order valence-electron chi connectivity index (χ0n) is 20.9. The predicted octanol–water partition coefficient (Wildman–Crippen LogP) is 7.34. The van der Waals surface area contributed by atoms with Gasteiger partial charge in [-0.05, 0) is 57.5 Å². The molecule has 0 N–H and O–H groups in total. The number of ether oxygens (including phenoxy) is 2. The molecule has 0 aliphatic heterocycles. The van der Waals surface area contributed by atoms with Crippen LogP contribution in [0.3, 0.4) is 0 Å². The van der Waals surface area contributed by atoms with Crippen LogP contribution in [0.2, 0.25) is 0 Å². The summed E-state index contributed by atoms with van der Waals surface area (Å²) in [5, 5.41) is 0.208. The van der Waals surface area contributed by atoms with Crippen LogP contribution in [0, 0.1) is 11.8 Å². The fourth-order valence-electron chi connectivity index (χ4n) is 3.09. The van der Waals surface area contributed by atoms with Gasteiger partial charge in [-0.1, -0.05) is 33.8 Å². The van der Waals surface area contributed by atoms with E-state index >= 15 is 0 Å². The van der Waals surface area contributed by atoms with Gasteiger partial charge >= 0.3 is 12.4 Å². The van der Waals surface area contributed by atoms with Crippen molar-refractivity contribution in [2.24, 2.45) is 11.8 Å². The Bertz CT molecular complexity index is 974. The quantitative estimate of drug-likeness (QED) is 0.174. The van der Waals surface area contributed by atoms with Gasteiger partial charge in [0.2, 0.25) is 0 Å². The van der Waals surface area contributed by atoms with E-state index in [1.165, 1.54) is 18.2 Å². The second kappa shape index (κ2) is 13.7. The topological polar surface area (TPSA) is 35.5 Å². The summed E-state index contributed by atoms with van der Waals surface area (Å²) in [5.74, 6) is 1.36. The molecule has 3 nitrogen and oxygen atoms in total. The SMILES string of the molecule is CC(C)CCOc1ccc(PC(=O)c2c(C(F)(F)F)cccc2C(F)(F)F)c(OCCC(C)C)c1.[Li]. The first-order chi connectivity index (χ1) is 16.2. The zero-order valence-corrected chi connectivity index (χ0v) is 21.9. The van der Waals surface area contributed by atoms with E-state index in [1.54, 1.807) is 0 Å². The summed E-state index contributed by atoms with van der Waals surface area (Å²) in [5.41, 5.74) is -5.87. The van der Waals surface area contributed by atoms with E-state index in [2.05, 4.69) is 0 Å². The number of alkyl halides is 6. The van der Waals surface area contributed by atoms with Crippen LogP contribution >= 0.6 is 8.58 Å². The number of halogens is 6. The van der Waals surface area contributed by atoms with Gasteiger partial charge in [-0.3, -0.25) is 4.79 Å². The summed E-state index contributed by atoms with van der Waals surface area (Å²) in [6.07, 6.45) is -8.78. The van der Waals surface area contributed by atoms with Crippen LogP contribution in [0.1, 0.15) is 62.0 Å². The minimum Gasteiger partial charge on any atom is -0.493 e. The molecule has 1 unspecified atom stereocenters. The Kier molecular flexibility index (Phi) is 12.3. The van der Waals surface area contributed by atoms with E-state index < -0.39 is 43.1 Å². The molecule has 0 aromatic heterocycles. The molecule has 0 spiro atoms. The molecule has 0 aliphatic rings. The van der Waals surface area contributed by atoms with Crippen molar-refractivity contribution in [2.45, 2.75) is 52.9 Å². The first kappa shape index (κ1) is 32.3. The van der Waals surface area contributed by atoms with Gasteiger partial charge in [0.15, 0.2) is 5.52 Å². The molecule has 36 heavy (non-hydrogen) atoms. The van der Waals surface area contributed by atoms with Crippen LogP contribution in [-0.2, 0) is 12.4 Å². The van der Waals surface area contributed by atoms with Crippen molar-refractivity contribution < 1.29 is 40.6 Å². The van der Waals surface area contributed by atoms with Gasteiger partial charge in [0.05, 0.1) is 24.3 Å². The van der Waals surface area contributed by atoms with E-state index in [9.17, 15) is 31.1 Å². The average Bonchev–Trinajstić information content (AvgIpc) is 2.73. The van der Waals surface area contributed by atoms with Gasteiger partial charge in [0.1, 0.15) is 11.5 Å². The standard InChI is InChI=1S/C25H29F6O3P.Li/c1-15(2)10-12-33-17-8-9-21(20(14-17)34-13-11-16(3)4)35-23(32)22-18(24(26,27)28)6-5-7-19(22)25(29,30)31;/h5-9,14-16,35H,10-13H2,1-4H3;. The molecule has 0 aliphatic carbocycles. The fraction of sp³-hybridized carbons (Fsp3) is 0.480. The molecule has 2 aromatic carbocycles. The maximum Gasteiger partial charge on any atom is 0.417 e. The van der Waals surface area contributed by atoms with E-state index in [0.29, 0.717) is 48.8 Å². The van der Waals surface area contributed by atoms with E-state index in [0.717, 1.165) is 6.42 Å². The number of carbonyl (C=O) groups excluding carboxylic acids is 1. The molecule has 1 atom stereocenters. The second-order valence-corrected chi connectivity index (χ2v) is 10.1. The van der Waals surface area contributed by atoms with E-state index in [4.69, 9.17) is 9.47 Å². The Morgan fingerprint density at radius 3 is 1.81 bits per heavy atom. The molecule has 0 saturated heterocycles. The zero-order chi connectivity index (χ0) is 26.4. The Morgan fingerprint density at radius 2 is 1.33 bits per heavy atom. The van der Waals surface area contributed by atoms with Crippen molar-refractivity contribution in [3.8, 4) is 11.5 Å². The van der Waals surface area contributed by atoms with Crippen molar-refractivity contribution in [2.75, 3.05) is 13.2 Å². The molecule has 2 rings (SSSR count). The summed E-state index contributed by atoms with van der Waals surface area (Å²) in [7, 11) is -1.01. The van der Waals surface area contributed by atoms with Crippen LogP contribution < -0.4 is 14.8 Å². The summed E-state index contributed by atoms with van der Waals surface area (Å²) < 4.78 is 92.5. The van der Waals surface area contributed by atoms with Crippen molar-refractivity contribution >= 4 is 38.3 Å². The van der Waals surface area contributed by atoms with Gasteiger partial charge in [-0.15, -0.1) is 0 Å². The molecule has 2 aromatic rings. The maximum absolute atomic E-state index is 13.5.